The number of alkyl halides is 5. The molecule has 34 heavy (non-hydrogen) atoms. The molecule has 0 amide bonds. The van der Waals surface area contributed by atoms with Crippen LogP contribution in [0.4, 0.5) is 27.6 Å². The maximum Gasteiger partial charge on any atom is 0.456 e. The van der Waals surface area contributed by atoms with Crippen LogP contribution in [0.25, 0.3) is 17.0 Å². The minimum atomic E-state index is -5.82. The lowest BCUT2D eigenvalue weighted by molar-refractivity contribution is -0.290. The highest BCUT2D eigenvalue weighted by Gasteiger charge is 2.58. The van der Waals surface area contributed by atoms with Gasteiger partial charge >= 0.3 is 12.1 Å². The van der Waals surface area contributed by atoms with Crippen LogP contribution in [0.15, 0.2) is 40.1 Å². The van der Waals surface area contributed by atoms with Crippen LogP contribution in [-0.4, -0.2) is 68.9 Å². The van der Waals surface area contributed by atoms with Crippen molar-refractivity contribution >= 4 is 30.8 Å². The van der Waals surface area contributed by atoms with Gasteiger partial charge in [0.25, 0.3) is 0 Å². The SMILES string of the molecule is CCS(=O)(=O)c1cc(N=S(C)(C)=O)cnc1-c1ncc2c(OCC(F)(F)C(F)(F)F)nccn12. The Morgan fingerprint density at radius 3 is 2.32 bits per heavy atom. The monoisotopic (exact) mass is 527 g/mol. The zero-order valence-corrected chi connectivity index (χ0v) is 19.5. The Morgan fingerprint density at radius 1 is 1.06 bits per heavy atom. The van der Waals surface area contributed by atoms with E-state index in [2.05, 4.69) is 24.1 Å². The number of ether oxygens (including phenoxy) is 1. The number of imidazole rings is 1. The van der Waals surface area contributed by atoms with E-state index in [0.29, 0.717) is 0 Å². The summed E-state index contributed by atoms with van der Waals surface area (Å²) in [5.74, 6) is -6.08. The van der Waals surface area contributed by atoms with Crippen LogP contribution in [0.3, 0.4) is 0 Å². The molecule has 0 aliphatic heterocycles. The van der Waals surface area contributed by atoms with E-state index >= 15 is 0 Å². The number of nitrogens with zero attached hydrogens (tertiary/aromatic N) is 5. The van der Waals surface area contributed by atoms with Crippen LogP contribution >= 0.6 is 0 Å². The molecule has 0 spiro atoms. The highest BCUT2D eigenvalue weighted by molar-refractivity contribution is 7.92. The topological polar surface area (TPSA) is 116 Å². The Balaban J connectivity index is 2.14. The normalized spacial score (nSPS) is 13.3. The van der Waals surface area contributed by atoms with Crippen LogP contribution in [-0.2, 0) is 19.6 Å². The average molecular weight is 527 g/mol. The molecule has 0 aliphatic carbocycles. The molecule has 9 nitrogen and oxygen atoms in total. The van der Waals surface area contributed by atoms with Crippen molar-refractivity contribution in [2.45, 2.75) is 23.9 Å². The molecule has 0 radical (unpaired) electrons. The third kappa shape index (κ3) is 5.27. The van der Waals surface area contributed by atoms with Gasteiger partial charge in [0.1, 0.15) is 11.2 Å². The first-order chi connectivity index (χ1) is 15.6. The lowest BCUT2D eigenvalue weighted by Crippen LogP contribution is -2.41. The number of sulfone groups is 1. The fourth-order valence-electron chi connectivity index (χ4n) is 2.73. The summed E-state index contributed by atoms with van der Waals surface area (Å²) in [7, 11) is -6.53. The van der Waals surface area contributed by atoms with Gasteiger partial charge < -0.3 is 4.74 Å². The standard InChI is InChI=1S/C18H18F5N5O4S2/c1-4-34(30,31)13-7-11(27-33(2,3)29)8-25-14(13)15-26-9-12-16(24-5-6-28(12)15)32-10-17(19,20)18(21,22)23/h5-9H,4,10H2,1-3H3. The number of pyridine rings is 1. The zero-order chi connectivity index (χ0) is 25.5. The van der Waals surface area contributed by atoms with E-state index < -0.39 is 44.2 Å². The number of fused-ring (bicyclic) bond motifs is 1. The van der Waals surface area contributed by atoms with E-state index in [1.165, 1.54) is 42.3 Å². The molecule has 3 aromatic heterocycles. The van der Waals surface area contributed by atoms with E-state index in [1.54, 1.807) is 0 Å². The molecule has 0 aromatic carbocycles. The Morgan fingerprint density at radius 2 is 1.74 bits per heavy atom. The van der Waals surface area contributed by atoms with Gasteiger partial charge in [-0.2, -0.15) is 26.3 Å². The van der Waals surface area contributed by atoms with E-state index in [-0.39, 0.29) is 33.4 Å². The van der Waals surface area contributed by atoms with Gasteiger partial charge in [-0.3, -0.25) is 4.40 Å². The molecule has 0 bridgehead atoms. The van der Waals surface area contributed by atoms with Gasteiger partial charge in [-0.05, 0) is 6.07 Å². The number of hydrogen-bond donors (Lipinski definition) is 0. The van der Waals surface area contributed by atoms with Gasteiger partial charge in [0.2, 0.25) is 5.88 Å². The van der Waals surface area contributed by atoms with E-state index in [0.717, 1.165) is 12.4 Å². The summed E-state index contributed by atoms with van der Waals surface area (Å²) in [6.07, 6.45) is 1.47. The molecular weight excluding hydrogens is 509 g/mol. The second kappa shape index (κ2) is 8.72. The van der Waals surface area contributed by atoms with Gasteiger partial charge in [-0.1, -0.05) is 6.92 Å². The molecule has 3 rings (SSSR count). The summed E-state index contributed by atoms with van der Waals surface area (Å²) in [6, 6.07) is 1.18. The summed E-state index contributed by atoms with van der Waals surface area (Å²) in [6.45, 7) is -0.618. The highest BCUT2D eigenvalue weighted by atomic mass is 32.2. The minimum absolute atomic E-state index is 0.0479. The fraction of sp³-hybridized carbons (Fsp3) is 0.389. The van der Waals surface area contributed by atoms with Crippen molar-refractivity contribution in [3.05, 3.63) is 30.9 Å². The number of rotatable bonds is 7. The summed E-state index contributed by atoms with van der Waals surface area (Å²) < 4.78 is 111. The maximum atomic E-state index is 13.3. The lowest BCUT2D eigenvalue weighted by atomic mass is 10.3. The van der Waals surface area contributed by atoms with Crippen molar-refractivity contribution < 1.29 is 39.3 Å². The van der Waals surface area contributed by atoms with Crippen molar-refractivity contribution in [2.24, 2.45) is 4.36 Å². The largest absolute Gasteiger partial charge is 0.469 e. The minimum Gasteiger partial charge on any atom is -0.469 e. The number of halogens is 5. The van der Waals surface area contributed by atoms with Gasteiger partial charge in [-0.15, -0.1) is 0 Å². The van der Waals surface area contributed by atoms with E-state index in [9.17, 15) is 34.6 Å². The first-order valence-corrected chi connectivity index (χ1v) is 13.3. The van der Waals surface area contributed by atoms with Crippen molar-refractivity contribution in [1.29, 1.82) is 0 Å². The first-order valence-electron chi connectivity index (χ1n) is 9.35. The van der Waals surface area contributed by atoms with Crippen LogP contribution < -0.4 is 4.74 Å². The molecule has 3 aromatic rings. The van der Waals surface area contributed by atoms with Crippen molar-refractivity contribution in [2.75, 3.05) is 24.9 Å². The summed E-state index contributed by atoms with van der Waals surface area (Å²) >= 11 is 0. The number of hydrogen-bond acceptors (Lipinski definition) is 8. The zero-order valence-electron chi connectivity index (χ0n) is 17.9. The Bertz CT molecular complexity index is 1450. The predicted octanol–water partition coefficient (Wildman–Crippen LogP) is 3.52. The Labute approximate surface area is 191 Å². The molecular formula is C18H18F5N5O4S2. The number of aromatic nitrogens is 4. The molecule has 0 aliphatic rings. The van der Waals surface area contributed by atoms with Crippen LogP contribution in [0.5, 0.6) is 5.88 Å². The molecule has 0 unspecified atom stereocenters. The second-order valence-electron chi connectivity index (χ2n) is 7.28. The van der Waals surface area contributed by atoms with Crippen LogP contribution in [0.1, 0.15) is 6.92 Å². The van der Waals surface area contributed by atoms with Gasteiger partial charge in [0.05, 0.1) is 28.7 Å². The van der Waals surface area contributed by atoms with E-state index in [1.807, 2.05) is 0 Å². The molecule has 0 saturated heterocycles. The van der Waals surface area contributed by atoms with Crippen LogP contribution in [0, 0.1) is 0 Å². The molecule has 0 N–H and O–H groups in total. The van der Waals surface area contributed by atoms with Crippen LogP contribution in [0.2, 0.25) is 0 Å². The van der Waals surface area contributed by atoms with Gasteiger partial charge in [0, 0.05) is 34.6 Å². The smallest absolute Gasteiger partial charge is 0.456 e. The summed E-state index contributed by atoms with van der Waals surface area (Å²) in [4.78, 5) is 11.5. The highest BCUT2D eigenvalue weighted by Crippen LogP contribution is 2.36. The maximum absolute atomic E-state index is 13.3. The third-order valence-electron chi connectivity index (χ3n) is 4.32. The Hall–Kier alpha value is -2.88. The van der Waals surface area contributed by atoms with Gasteiger partial charge in [-0.25, -0.2) is 27.6 Å². The molecule has 0 saturated carbocycles. The average Bonchev–Trinajstić information content (AvgIpc) is 3.15. The fourth-order valence-corrected chi connectivity index (χ4v) is 4.39. The molecule has 3 heterocycles. The van der Waals surface area contributed by atoms with Crippen molar-refractivity contribution in [3.8, 4) is 17.4 Å². The summed E-state index contributed by atoms with van der Waals surface area (Å²) in [5, 5.41) is 0. The molecule has 186 valence electrons. The lowest BCUT2D eigenvalue weighted by Gasteiger charge is -2.19. The third-order valence-corrected chi connectivity index (χ3v) is 6.71. The predicted molar refractivity (Wildman–Crippen MR) is 113 cm³/mol. The van der Waals surface area contributed by atoms with E-state index in [4.69, 9.17) is 0 Å². The quantitative estimate of drug-likeness (QED) is 0.432. The Kier molecular flexibility index (Phi) is 6.60. The van der Waals surface area contributed by atoms with Crippen molar-refractivity contribution in [1.82, 2.24) is 19.4 Å². The second-order valence-corrected chi connectivity index (χ2v) is 12.1. The molecule has 0 atom stereocenters. The molecule has 16 heteroatoms. The van der Waals surface area contributed by atoms with Crippen molar-refractivity contribution in [3.63, 3.8) is 0 Å². The first kappa shape index (κ1) is 25.7. The summed E-state index contributed by atoms with van der Waals surface area (Å²) in [5.41, 5.74) is -0.194. The molecule has 0 fully saturated rings. The van der Waals surface area contributed by atoms with Gasteiger partial charge in [0.15, 0.2) is 22.3 Å².